The average Bonchev–Trinajstić information content (AvgIpc) is 2.30. The lowest BCUT2D eigenvalue weighted by Crippen LogP contribution is -2.46. The quantitative estimate of drug-likeness (QED) is 0.700. The van der Waals surface area contributed by atoms with Gasteiger partial charge in [-0.25, -0.2) is 4.79 Å². The Morgan fingerprint density at radius 2 is 1.89 bits per heavy atom. The van der Waals surface area contributed by atoms with Gasteiger partial charge in [0.25, 0.3) is 0 Å². The Bertz CT molecular complexity index is 334. The Morgan fingerprint density at radius 3 is 2.32 bits per heavy atom. The van der Waals surface area contributed by atoms with Crippen LogP contribution in [0, 0.1) is 0 Å². The molecular formula is C12H24N2O4S. The maximum atomic E-state index is 12.0. The second kappa shape index (κ2) is 8.90. The van der Waals surface area contributed by atoms with Crippen LogP contribution in [-0.2, 0) is 15.6 Å². The molecule has 0 aromatic heterocycles. The summed E-state index contributed by atoms with van der Waals surface area (Å²) >= 11 is 0. The summed E-state index contributed by atoms with van der Waals surface area (Å²) in [6.45, 7) is 6.31. The molecule has 2 atom stereocenters. The molecule has 0 heterocycles. The summed E-state index contributed by atoms with van der Waals surface area (Å²) in [6.07, 6.45) is 2.08. The van der Waals surface area contributed by atoms with Crippen LogP contribution >= 0.6 is 0 Å². The van der Waals surface area contributed by atoms with E-state index >= 15 is 0 Å². The first-order valence-corrected chi connectivity index (χ1v) is 7.96. The van der Waals surface area contributed by atoms with Crippen LogP contribution in [0.25, 0.3) is 0 Å². The number of carbonyl (C=O) groups is 2. The topological polar surface area (TPSA) is 86.7 Å². The normalized spacial score (nSPS) is 13.9. The Morgan fingerprint density at radius 1 is 1.32 bits per heavy atom. The van der Waals surface area contributed by atoms with E-state index in [2.05, 4.69) is 5.32 Å². The van der Waals surface area contributed by atoms with E-state index in [1.807, 2.05) is 13.8 Å². The fourth-order valence-corrected chi connectivity index (χ4v) is 1.76. The fourth-order valence-electron chi connectivity index (χ4n) is 1.44. The van der Waals surface area contributed by atoms with Crippen LogP contribution in [0.5, 0.6) is 0 Å². The van der Waals surface area contributed by atoms with E-state index in [1.165, 1.54) is 0 Å². The number of aliphatic carboxylic acids is 1. The van der Waals surface area contributed by atoms with Crippen molar-refractivity contribution in [3.05, 3.63) is 0 Å². The number of hydrogen-bond donors (Lipinski definition) is 2. The highest BCUT2D eigenvalue weighted by molar-refractivity contribution is 7.84. The molecule has 0 radical (unpaired) electrons. The van der Waals surface area contributed by atoms with Crippen molar-refractivity contribution in [3.63, 3.8) is 0 Å². The van der Waals surface area contributed by atoms with Crippen molar-refractivity contribution >= 4 is 22.8 Å². The molecule has 0 rings (SSSR count). The van der Waals surface area contributed by atoms with Crippen molar-refractivity contribution in [1.29, 1.82) is 0 Å². The number of rotatable bonds is 8. The van der Waals surface area contributed by atoms with E-state index in [9.17, 15) is 13.8 Å². The van der Waals surface area contributed by atoms with Gasteiger partial charge >= 0.3 is 12.0 Å². The molecule has 0 bridgehead atoms. The second-order valence-electron chi connectivity index (χ2n) is 4.78. The van der Waals surface area contributed by atoms with Crippen LogP contribution in [0.2, 0.25) is 0 Å². The van der Waals surface area contributed by atoms with E-state index in [4.69, 9.17) is 5.11 Å². The lowest BCUT2D eigenvalue weighted by atomic mass is 10.2. The molecule has 0 aliphatic heterocycles. The Hall–Kier alpha value is -1.11. The van der Waals surface area contributed by atoms with Crippen molar-refractivity contribution in [2.75, 3.05) is 19.3 Å². The molecule has 0 saturated heterocycles. The molecule has 2 N–H and O–H groups in total. The van der Waals surface area contributed by atoms with Crippen molar-refractivity contribution in [3.8, 4) is 0 Å². The summed E-state index contributed by atoms with van der Waals surface area (Å²) in [5.74, 6) is -0.862. The third-order valence-electron chi connectivity index (χ3n) is 2.78. The lowest BCUT2D eigenvalue weighted by Gasteiger charge is -2.27. The van der Waals surface area contributed by atoms with Gasteiger partial charge in [-0.3, -0.25) is 9.00 Å². The van der Waals surface area contributed by atoms with Crippen LogP contribution in [0.3, 0.4) is 0 Å². The Kier molecular flexibility index (Phi) is 8.38. The molecule has 0 fully saturated rings. The Labute approximate surface area is 117 Å². The minimum Gasteiger partial charge on any atom is -0.481 e. The second-order valence-corrected chi connectivity index (χ2v) is 6.58. The van der Waals surface area contributed by atoms with E-state index < -0.39 is 16.8 Å². The van der Waals surface area contributed by atoms with Gasteiger partial charge in [0, 0.05) is 47.9 Å². The predicted molar refractivity (Wildman–Crippen MR) is 75.6 cm³/mol. The highest BCUT2D eigenvalue weighted by atomic mass is 32.2. The van der Waals surface area contributed by atoms with Gasteiger partial charge in [-0.2, -0.15) is 0 Å². The third-order valence-corrected chi connectivity index (χ3v) is 4.08. The van der Waals surface area contributed by atoms with Crippen LogP contribution in [0.1, 0.15) is 33.6 Å². The van der Waals surface area contributed by atoms with Crippen molar-refractivity contribution in [1.82, 2.24) is 10.2 Å². The highest BCUT2D eigenvalue weighted by Gasteiger charge is 2.18. The molecule has 0 aromatic carbocycles. The van der Waals surface area contributed by atoms with Crippen molar-refractivity contribution < 1.29 is 18.9 Å². The number of urea groups is 1. The first-order chi connectivity index (χ1) is 8.75. The van der Waals surface area contributed by atoms with Gasteiger partial charge in [0.05, 0.1) is 0 Å². The standard InChI is InChI=1S/C12H24N2O4S/c1-9(2)14(7-5-6-11(15)16)12(17)13-8-10(3)19(4)18/h9-10H,5-8H2,1-4H3,(H,13,17)(H,15,16). The fraction of sp³-hybridized carbons (Fsp3) is 0.833. The SMILES string of the molecule is CC(C)N(CCCC(=O)O)C(=O)NCC(C)S(C)=O. The maximum Gasteiger partial charge on any atom is 0.317 e. The molecule has 0 spiro atoms. The molecule has 112 valence electrons. The number of carboxylic acids is 1. The van der Waals surface area contributed by atoms with Gasteiger partial charge in [0.1, 0.15) is 0 Å². The van der Waals surface area contributed by atoms with Crippen LogP contribution < -0.4 is 5.32 Å². The number of carbonyl (C=O) groups excluding carboxylic acids is 1. The minimum atomic E-state index is -0.973. The summed E-state index contributed by atoms with van der Waals surface area (Å²) in [4.78, 5) is 24.0. The maximum absolute atomic E-state index is 12.0. The molecule has 6 nitrogen and oxygen atoms in total. The van der Waals surface area contributed by atoms with Crippen LogP contribution in [0.15, 0.2) is 0 Å². The molecular weight excluding hydrogens is 268 g/mol. The average molecular weight is 292 g/mol. The molecule has 0 aliphatic carbocycles. The molecule has 19 heavy (non-hydrogen) atoms. The summed E-state index contributed by atoms with van der Waals surface area (Å²) in [5, 5.41) is 11.2. The van der Waals surface area contributed by atoms with Crippen LogP contribution in [-0.4, -0.2) is 56.9 Å². The molecule has 7 heteroatoms. The minimum absolute atomic E-state index is 0.00350. The summed E-state index contributed by atoms with van der Waals surface area (Å²) in [5.41, 5.74) is 0. The van der Waals surface area contributed by atoms with E-state index in [0.717, 1.165) is 0 Å². The summed E-state index contributed by atoms with van der Waals surface area (Å²) in [6, 6.07) is -0.242. The number of amides is 2. The van der Waals surface area contributed by atoms with E-state index in [-0.39, 0.29) is 23.7 Å². The molecule has 2 unspecified atom stereocenters. The highest BCUT2D eigenvalue weighted by Crippen LogP contribution is 2.03. The van der Waals surface area contributed by atoms with Gasteiger partial charge in [-0.1, -0.05) is 0 Å². The smallest absolute Gasteiger partial charge is 0.317 e. The molecule has 0 saturated carbocycles. The van der Waals surface area contributed by atoms with Gasteiger partial charge in [0.2, 0.25) is 0 Å². The largest absolute Gasteiger partial charge is 0.481 e. The zero-order valence-corrected chi connectivity index (χ0v) is 12.8. The van der Waals surface area contributed by atoms with Gasteiger partial charge in [-0.15, -0.1) is 0 Å². The number of nitrogens with zero attached hydrogens (tertiary/aromatic N) is 1. The van der Waals surface area contributed by atoms with Crippen LogP contribution in [0.4, 0.5) is 4.79 Å². The number of nitrogens with one attached hydrogen (secondary N) is 1. The summed E-state index contributed by atoms with van der Waals surface area (Å²) in [7, 11) is -0.973. The summed E-state index contributed by atoms with van der Waals surface area (Å²) < 4.78 is 11.2. The predicted octanol–water partition coefficient (Wildman–Crippen LogP) is 1.04. The first-order valence-electron chi connectivity index (χ1n) is 6.34. The van der Waals surface area contributed by atoms with Crippen molar-refractivity contribution in [2.45, 2.75) is 44.9 Å². The molecule has 2 amide bonds. The first kappa shape index (κ1) is 17.9. The zero-order valence-electron chi connectivity index (χ0n) is 12.0. The van der Waals surface area contributed by atoms with Gasteiger partial charge in [0.15, 0.2) is 0 Å². The van der Waals surface area contributed by atoms with Crippen molar-refractivity contribution in [2.24, 2.45) is 0 Å². The number of carboxylic acid groups (broad SMARTS) is 1. The number of hydrogen-bond acceptors (Lipinski definition) is 3. The van der Waals surface area contributed by atoms with E-state index in [1.54, 1.807) is 18.1 Å². The third kappa shape index (κ3) is 7.81. The molecule has 0 aromatic rings. The lowest BCUT2D eigenvalue weighted by molar-refractivity contribution is -0.137. The Balaban J connectivity index is 4.26. The molecule has 0 aliphatic rings. The van der Waals surface area contributed by atoms with Gasteiger partial charge < -0.3 is 15.3 Å². The zero-order chi connectivity index (χ0) is 15.0. The monoisotopic (exact) mass is 292 g/mol. The van der Waals surface area contributed by atoms with E-state index in [0.29, 0.717) is 19.5 Å². The van der Waals surface area contributed by atoms with Gasteiger partial charge in [-0.05, 0) is 27.2 Å².